The van der Waals surface area contributed by atoms with Crippen molar-refractivity contribution in [3.63, 3.8) is 0 Å². The summed E-state index contributed by atoms with van der Waals surface area (Å²) in [5.74, 6) is -0.233. The lowest BCUT2D eigenvalue weighted by molar-refractivity contribution is 0.627. The van der Waals surface area contributed by atoms with Crippen LogP contribution in [0.1, 0.15) is 11.1 Å². The molecule has 1 N–H and O–H groups in total. The lowest BCUT2D eigenvalue weighted by Gasteiger charge is -2.13. The molecule has 0 aliphatic carbocycles. The van der Waals surface area contributed by atoms with Gasteiger partial charge < -0.3 is 10.2 Å². The van der Waals surface area contributed by atoms with Crippen molar-refractivity contribution in [2.24, 2.45) is 0 Å². The molecule has 2 aromatic carbocycles. The second-order valence-electron chi connectivity index (χ2n) is 5.11. The van der Waals surface area contributed by atoms with Gasteiger partial charge in [0, 0.05) is 36.0 Å². The number of rotatable bonds is 3. The SMILES string of the molecule is CN1CCc2cc(CNc3ccc(F)cc3Br)ccc21. The molecule has 0 saturated carbocycles. The van der Waals surface area contributed by atoms with Crippen LogP contribution >= 0.6 is 15.9 Å². The van der Waals surface area contributed by atoms with Gasteiger partial charge in [-0.1, -0.05) is 12.1 Å². The van der Waals surface area contributed by atoms with Crippen LogP contribution in [-0.4, -0.2) is 13.6 Å². The van der Waals surface area contributed by atoms with E-state index in [1.807, 2.05) is 0 Å². The summed E-state index contributed by atoms with van der Waals surface area (Å²) in [6.07, 6.45) is 1.11. The van der Waals surface area contributed by atoms with Gasteiger partial charge in [-0.2, -0.15) is 0 Å². The van der Waals surface area contributed by atoms with Gasteiger partial charge in [-0.3, -0.25) is 0 Å². The van der Waals surface area contributed by atoms with E-state index in [0.29, 0.717) is 0 Å². The molecule has 104 valence electrons. The zero-order valence-electron chi connectivity index (χ0n) is 11.3. The van der Waals surface area contributed by atoms with Crippen LogP contribution in [0.4, 0.5) is 15.8 Å². The first-order valence-electron chi connectivity index (χ1n) is 6.65. The summed E-state index contributed by atoms with van der Waals surface area (Å²) in [6, 6.07) is 11.3. The fourth-order valence-corrected chi connectivity index (χ4v) is 3.05. The van der Waals surface area contributed by atoms with Crippen molar-refractivity contribution in [1.82, 2.24) is 0 Å². The van der Waals surface area contributed by atoms with Crippen molar-refractivity contribution in [1.29, 1.82) is 0 Å². The molecule has 0 aromatic heterocycles. The maximum absolute atomic E-state index is 13.0. The van der Waals surface area contributed by atoms with Gasteiger partial charge in [0.25, 0.3) is 0 Å². The monoisotopic (exact) mass is 334 g/mol. The van der Waals surface area contributed by atoms with Crippen LogP contribution in [0.25, 0.3) is 0 Å². The van der Waals surface area contributed by atoms with Crippen molar-refractivity contribution in [3.05, 3.63) is 57.8 Å². The summed E-state index contributed by atoms with van der Waals surface area (Å²) in [5, 5.41) is 3.33. The van der Waals surface area contributed by atoms with Crippen LogP contribution < -0.4 is 10.2 Å². The van der Waals surface area contributed by atoms with E-state index in [9.17, 15) is 4.39 Å². The van der Waals surface area contributed by atoms with Gasteiger partial charge in [0.15, 0.2) is 0 Å². The lowest BCUT2D eigenvalue weighted by atomic mass is 10.1. The summed E-state index contributed by atoms with van der Waals surface area (Å²) >= 11 is 3.37. The summed E-state index contributed by atoms with van der Waals surface area (Å²) in [7, 11) is 2.12. The molecule has 2 aromatic rings. The number of nitrogens with zero attached hydrogens (tertiary/aromatic N) is 1. The Kier molecular flexibility index (Phi) is 3.66. The number of anilines is 2. The highest BCUT2D eigenvalue weighted by Crippen LogP contribution is 2.28. The average Bonchev–Trinajstić information content (AvgIpc) is 2.79. The van der Waals surface area contributed by atoms with E-state index in [1.165, 1.54) is 28.9 Å². The Morgan fingerprint density at radius 2 is 2.10 bits per heavy atom. The summed E-state index contributed by atoms with van der Waals surface area (Å²) < 4.78 is 13.8. The van der Waals surface area contributed by atoms with Gasteiger partial charge in [-0.05, 0) is 57.7 Å². The van der Waals surface area contributed by atoms with E-state index in [2.05, 4.69) is 51.4 Å². The third-order valence-corrected chi connectivity index (χ3v) is 4.34. The minimum Gasteiger partial charge on any atom is -0.380 e. The van der Waals surface area contributed by atoms with Crippen molar-refractivity contribution < 1.29 is 4.39 Å². The Morgan fingerprint density at radius 1 is 1.25 bits per heavy atom. The van der Waals surface area contributed by atoms with E-state index in [4.69, 9.17) is 0 Å². The number of nitrogens with one attached hydrogen (secondary N) is 1. The zero-order chi connectivity index (χ0) is 14.1. The quantitative estimate of drug-likeness (QED) is 0.905. The summed E-state index contributed by atoms with van der Waals surface area (Å²) in [5.41, 5.74) is 4.89. The summed E-state index contributed by atoms with van der Waals surface area (Å²) in [4.78, 5) is 2.28. The number of benzene rings is 2. The van der Waals surface area contributed by atoms with E-state index in [1.54, 1.807) is 6.07 Å². The molecule has 1 aliphatic rings. The molecule has 4 heteroatoms. The molecule has 0 radical (unpaired) electrons. The highest BCUT2D eigenvalue weighted by molar-refractivity contribution is 9.10. The van der Waals surface area contributed by atoms with Crippen LogP contribution in [-0.2, 0) is 13.0 Å². The van der Waals surface area contributed by atoms with Crippen LogP contribution in [0, 0.1) is 5.82 Å². The Balaban J connectivity index is 1.73. The Bertz CT molecular complexity index is 642. The standard InChI is InChI=1S/C16H16BrFN2/c1-20-7-6-12-8-11(2-5-16(12)20)10-19-15-4-3-13(18)9-14(15)17/h2-5,8-9,19H,6-7,10H2,1H3. The van der Waals surface area contributed by atoms with E-state index in [0.717, 1.165) is 29.7 Å². The molecule has 0 amide bonds. The second-order valence-corrected chi connectivity index (χ2v) is 5.97. The topological polar surface area (TPSA) is 15.3 Å². The first kappa shape index (κ1) is 13.4. The number of hydrogen-bond donors (Lipinski definition) is 1. The number of halogens is 2. The predicted octanol–water partition coefficient (Wildman–Crippen LogP) is 4.19. The van der Waals surface area contributed by atoms with E-state index in [-0.39, 0.29) is 5.82 Å². The molecule has 0 bridgehead atoms. The van der Waals surface area contributed by atoms with Crippen LogP contribution in [0.2, 0.25) is 0 Å². The van der Waals surface area contributed by atoms with Gasteiger partial charge in [0.2, 0.25) is 0 Å². The Labute approximate surface area is 126 Å². The molecule has 3 rings (SSSR count). The number of hydrogen-bond acceptors (Lipinski definition) is 2. The van der Waals surface area contributed by atoms with Gasteiger partial charge >= 0.3 is 0 Å². The fraction of sp³-hybridized carbons (Fsp3) is 0.250. The fourth-order valence-electron chi connectivity index (χ4n) is 2.56. The molecular weight excluding hydrogens is 319 g/mol. The highest BCUT2D eigenvalue weighted by Gasteiger charge is 2.15. The number of fused-ring (bicyclic) bond motifs is 1. The highest BCUT2D eigenvalue weighted by atomic mass is 79.9. The molecule has 0 fully saturated rings. The minimum atomic E-state index is -0.233. The molecule has 0 saturated heterocycles. The zero-order valence-corrected chi connectivity index (χ0v) is 12.9. The van der Waals surface area contributed by atoms with Gasteiger partial charge in [-0.25, -0.2) is 4.39 Å². The molecule has 0 atom stereocenters. The second kappa shape index (κ2) is 5.44. The van der Waals surface area contributed by atoms with Crippen molar-refractivity contribution in [2.75, 3.05) is 23.8 Å². The molecule has 20 heavy (non-hydrogen) atoms. The smallest absolute Gasteiger partial charge is 0.124 e. The Hall–Kier alpha value is -1.55. The molecule has 0 spiro atoms. The maximum atomic E-state index is 13.0. The third kappa shape index (κ3) is 2.66. The van der Waals surface area contributed by atoms with Gasteiger partial charge in [0.05, 0.1) is 0 Å². The van der Waals surface area contributed by atoms with Crippen molar-refractivity contribution >= 4 is 27.3 Å². The molecule has 2 nitrogen and oxygen atoms in total. The number of likely N-dealkylation sites (N-methyl/N-ethyl adjacent to an activating group) is 1. The Morgan fingerprint density at radius 3 is 2.90 bits per heavy atom. The maximum Gasteiger partial charge on any atom is 0.124 e. The molecule has 1 aliphatic heterocycles. The minimum absolute atomic E-state index is 0.233. The third-order valence-electron chi connectivity index (χ3n) is 3.69. The first-order valence-corrected chi connectivity index (χ1v) is 7.44. The van der Waals surface area contributed by atoms with Crippen molar-refractivity contribution in [2.45, 2.75) is 13.0 Å². The summed E-state index contributed by atoms with van der Waals surface area (Å²) in [6.45, 7) is 1.83. The normalized spacial score (nSPS) is 13.4. The van der Waals surface area contributed by atoms with Crippen LogP contribution in [0.5, 0.6) is 0 Å². The van der Waals surface area contributed by atoms with Gasteiger partial charge in [-0.15, -0.1) is 0 Å². The van der Waals surface area contributed by atoms with Gasteiger partial charge in [0.1, 0.15) is 5.82 Å². The van der Waals surface area contributed by atoms with Crippen LogP contribution in [0.3, 0.4) is 0 Å². The molecule has 0 unspecified atom stereocenters. The molecular formula is C16H16BrFN2. The van der Waals surface area contributed by atoms with Crippen LogP contribution in [0.15, 0.2) is 40.9 Å². The van der Waals surface area contributed by atoms with E-state index >= 15 is 0 Å². The molecule has 1 heterocycles. The average molecular weight is 335 g/mol. The first-order chi connectivity index (χ1) is 9.63. The van der Waals surface area contributed by atoms with Crippen molar-refractivity contribution in [3.8, 4) is 0 Å². The lowest BCUT2D eigenvalue weighted by Crippen LogP contribution is -2.12. The largest absolute Gasteiger partial charge is 0.380 e. The van der Waals surface area contributed by atoms with E-state index < -0.39 is 0 Å². The predicted molar refractivity (Wildman–Crippen MR) is 84.8 cm³/mol.